The SMILES string of the molecule is N#CC1CC2C(=O)C=CC1N2C(=Cc1cccc([N+](=O)[O-])c1)c1ccc([N+](=O)[O-])cc1. The van der Waals surface area contributed by atoms with Gasteiger partial charge in [-0.25, -0.2) is 0 Å². The fraction of sp³-hybridized carbons (Fsp3) is 0.182. The molecule has 31 heavy (non-hydrogen) atoms. The highest BCUT2D eigenvalue weighted by Gasteiger charge is 2.46. The Morgan fingerprint density at radius 1 is 1.10 bits per heavy atom. The van der Waals surface area contributed by atoms with E-state index >= 15 is 0 Å². The van der Waals surface area contributed by atoms with Gasteiger partial charge in [0.25, 0.3) is 11.4 Å². The molecular weight excluding hydrogens is 400 g/mol. The molecule has 0 spiro atoms. The van der Waals surface area contributed by atoms with Crippen LogP contribution in [0.5, 0.6) is 0 Å². The van der Waals surface area contributed by atoms with Crippen molar-refractivity contribution < 1.29 is 14.6 Å². The quantitative estimate of drug-likeness (QED) is 0.412. The van der Waals surface area contributed by atoms with Crippen molar-refractivity contribution in [3.05, 3.63) is 92.0 Å². The Morgan fingerprint density at radius 2 is 1.81 bits per heavy atom. The fourth-order valence-electron chi connectivity index (χ4n) is 4.08. The predicted octanol–water partition coefficient (Wildman–Crippen LogP) is 3.72. The molecular formula is C22H16N4O5. The number of nitro groups is 2. The summed E-state index contributed by atoms with van der Waals surface area (Å²) in [5.74, 6) is -0.514. The first kappa shape index (κ1) is 20.0. The van der Waals surface area contributed by atoms with Gasteiger partial charge in [-0.1, -0.05) is 18.2 Å². The first-order valence-corrected chi connectivity index (χ1v) is 9.50. The Hall–Kier alpha value is -4.32. The smallest absolute Gasteiger partial charge is 0.270 e. The van der Waals surface area contributed by atoms with Crippen LogP contribution in [0.1, 0.15) is 17.5 Å². The van der Waals surface area contributed by atoms with Crippen molar-refractivity contribution in [3.8, 4) is 6.07 Å². The average Bonchev–Trinajstić information content (AvgIpc) is 3.05. The maximum Gasteiger partial charge on any atom is 0.270 e. The van der Waals surface area contributed by atoms with Gasteiger partial charge in [0.05, 0.1) is 33.9 Å². The van der Waals surface area contributed by atoms with Crippen molar-refractivity contribution in [1.29, 1.82) is 5.26 Å². The van der Waals surface area contributed by atoms with Crippen molar-refractivity contribution in [2.45, 2.75) is 18.5 Å². The van der Waals surface area contributed by atoms with E-state index in [0.29, 0.717) is 23.2 Å². The van der Waals surface area contributed by atoms with Gasteiger partial charge in [-0.2, -0.15) is 5.26 Å². The number of carbonyl (C=O) groups is 1. The van der Waals surface area contributed by atoms with Gasteiger partial charge in [-0.3, -0.25) is 25.0 Å². The molecule has 2 aromatic carbocycles. The molecule has 9 heteroatoms. The second kappa shape index (κ2) is 7.84. The molecule has 1 fully saturated rings. The summed E-state index contributed by atoms with van der Waals surface area (Å²) in [7, 11) is 0. The third-order valence-corrected chi connectivity index (χ3v) is 5.53. The molecule has 0 N–H and O–H groups in total. The van der Waals surface area contributed by atoms with Crippen LogP contribution >= 0.6 is 0 Å². The fourth-order valence-corrected chi connectivity index (χ4v) is 4.08. The van der Waals surface area contributed by atoms with E-state index in [2.05, 4.69) is 6.07 Å². The first-order valence-electron chi connectivity index (χ1n) is 9.50. The summed E-state index contributed by atoms with van der Waals surface area (Å²) >= 11 is 0. The summed E-state index contributed by atoms with van der Waals surface area (Å²) in [4.78, 5) is 35.6. The summed E-state index contributed by atoms with van der Waals surface area (Å²) in [5, 5.41) is 31.8. The highest BCUT2D eigenvalue weighted by atomic mass is 16.6. The van der Waals surface area contributed by atoms with E-state index in [0.717, 1.165) is 0 Å². The summed E-state index contributed by atoms with van der Waals surface area (Å²) in [6.07, 6.45) is 5.27. The van der Waals surface area contributed by atoms with Gasteiger partial charge in [0.2, 0.25) is 0 Å². The summed E-state index contributed by atoms with van der Waals surface area (Å²) in [6, 6.07) is 13.3. The number of non-ortho nitro benzene ring substituents is 2. The largest absolute Gasteiger partial charge is 0.353 e. The molecule has 2 aromatic rings. The molecule has 154 valence electrons. The maximum atomic E-state index is 12.6. The molecule has 9 nitrogen and oxygen atoms in total. The predicted molar refractivity (Wildman–Crippen MR) is 111 cm³/mol. The normalized spacial score (nSPS) is 22.3. The zero-order valence-corrected chi connectivity index (χ0v) is 16.1. The molecule has 0 aromatic heterocycles. The van der Waals surface area contributed by atoms with E-state index in [4.69, 9.17) is 0 Å². The van der Waals surface area contributed by atoms with Gasteiger partial charge in [0.1, 0.15) is 0 Å². The number of benzene rings is 2. The number of carbonyl (C=O) groups excluding carboxylic acids is 1. The lowest BCUT2D eigenvalue weighted by atomic mass is 10.00. The standard InChI is InChI=1S/C22H16N4O5/c23-13-16-12-21-22(27)9-8-19(16)24(21)20(15-4-6-17(7-5-15)25(28)29)11-14-2-1-3-18(10-14)26(30)31/h1-11,16,19,21H,12H2. The van der Waals surface area contributed by atoms with Crippen LogP contribution in [0.3, 0.4) is 0 Å². The van der Waals surface area contributed by atoms with Gasteiger partial charge in [-0.15, -0.1) is 0 Å². The number of nitro benzene ring substituents is 2. The Balaban J connectivity index is 1.86. The number of hydrogen-bond acceptors (Lipinski definition) is 7. The van der Waals surface area contributed by atoms with Gasteiger partial charge in [-0.05, 0) is 41.8 Å². The third kappa shape index (κ3) is 3.67. The highest BCUT2D eigenvalue weighted by Crippen LogP contribution is 2.41. The second-order valence-electron chi connectivity index (χ2n) is 7.33. The van der Waals surface area contributed by atoms with Crippen LogP contribution in [-0.4, -0.2) is 32.6 Å². The Morgan fingerprint density at radius 3 is 2.45 bits per heavy atom. The minimum atomic E-state index is -0.542. The molecule has 0 aliphatic carbocycles. The zero-order chi connectivity index (χ0) is 22.1. The first-order chi connectivity index (χ1) is 14.9. The number of ketones is 1. The molecule has 0 radical (unpaired) electrons. The van der Waals surface area contributed by atoms with E-state index in [1.165, 1.54) is 30.3 Å². The van der Waals surface area contributed by atoms with Crippen LogP contribution < -0.4 is 0 Å². The van der Waals surface area contributed by atoms with Crippen molar-refractivity contribution in [3.63, 3.8) is 0 Å². The van der Waals surface area contributed by atoms with Gasteiger partial charge in [0, 0.05) is 30.0 Å². The minimum Gasteiger partial charge on any atom is -0.353 e. The third-order valence-electron chi connectivity index (χ3n) is 5.53. The molecule has 2 aliphatic rings. The molecule has 0 saturated carbocycles. The number of nitriles is 1. The van der Waals surface area contributed by atoms with Crippen LogP contribution in [0.2, 0.25) is 0 Å². The molecule has 1 saturated heterocycles. The van der Waals surface area contributed by atoms with E-state index in [-0.39, 0.29) is 29.1 Å². The number of fused-ring (bicyclic) bond motifs is 2. The van der Waals surface area contributed by atoms with Crippen LogP contribution in [0.15, 0.2) is 60.7 Å². The van der Waals surface area contributed by atoms with Gasteiger partial charge < -0.3 is 4.90 Å². The van der Waals surface area contributed by atoms with Crippen LogP contribution in [0.4, 0.5) is 11.4 Å². The van der Waals surface area contributed by atoms with Crippen LogP contribution in [-0.2, 0) is 4.79 Å². The van der Waals surface area contributed by atoms with Crippen molar-refractivity contribution >= 4 is 28.9 Å². The lowest BCUT2D eigenvalue weighted by Crippen LogP contribution is -2.41. The topological polar surface area (TPSA) is 130 Å². The number of hydrogen-bond donors (Lipinski definition) is 0. The summed E-state index contributed by atoms with van der Waals surface area (Å²) in [6.45, 7) is 0. The molecule has 2 heterocycles. The monoisotopic (exact) mass is 416 g/mol. The van der Waals surface area contributed by atoms with E-state index in [1.807, 2.05) is 4.90 Å². The molecule has 4 rings (SSSR count). The second-order valence-corrected chi connectivity index (χ2v) is 7.33. The molecule has 2 aliphatic heterocycles. The molecule has 0 amide bonds. The van der Waals surface area contributed by atoms with Crippen molar-refractivity contribution in [1.82, 2.24) is 4.90 Å². The van der Waals surface area contributed by atoms with Crippen molar-refractivity contribution in [2.75, 3.05) is 0 Å². The number of nitrogens with zero attached hydrogens (tertiary/aromatic N) is 4. The summed E-state index contributed by atoms with van der Waals surface area (Å²) in [5.41, 5.74) is 1.56. The molecule has 2 bridgehead atoms. The lowest BCUT2D eigenvalue weighted by Gasteiger charge is -2.35. The maximum absolute atomic E-state index is 12.6. The van der Waals surface area contributed by atoms with E-state index in [9.17, 15) is 30.3 Å². The molecule has 3 atom stereocenters. The Kier molecular flexibility index (Phi) is 5.05. The van der Waals surface area contributed by atoms with Gasteiger partial charge >= 0.3 is 0 Å². The molecule has 3 unspecified atom stereocenters. The average molecular weight is 416 g/mol. The van der Waals surface area contributed by atoms with E-state index < -0.39 is 15.9 Å². The lowest BCUT2D eigenvalue weighted by molar-refractivity contribution is -0.385. The van der Waals surface area contributed by atoms with Crippen molar-refractivity contribution in [2.24, 2.45) is 5.92 Å². The summed E-state index contributed by atoms with van der Waals surface area (Å²) < 4.78 is 0. The Bertz CT molecular complexity index is 1180. The van der Waals surface area contributed by atoms with Crippen LogP contribution in [0, 0.1) is 37.5 Å². The van der Waals surface area contributed by atoms with Crippen LogP contribution in [0.25, 0.3) is 11.8 Å². The van der Waals surface area contributed by atoms with E-state index in [1.54, 1.807) is 36.4 Å². The van der Waals surface area contributed by atoms with Gasteiger partial charge in [0.15, 0.2) is 5.78 Å². The Labute approximate surface area is 176 Å². The minimum absolute atomic E-state index is 0.0778. The highest BCUT2D eigenvalue weighted by molar-refractivity contribution is 5.98. The zero-order valence-electron chi connectivity index (χ0n) is 16.1. The number of rotatable bonds is 5.